The van der Waals surface area contributed by atoms with Crippen molar-refractivity contribution in [1.82, 2.24) is 15.3 Å². The Kier molecular flexibility index (Phi) is 6.77. The zero-order chi connectivity index (χ0) is 19.0. The fourth-order valence-electron chi connectivity index (χ4n) is 4.36. The van der Waals surface area contributed by atoms with Gasteiger partial charge in [-0.1, -0.05) is 49.6 Å². The largest absolute Gasteiger partial charge is 0.370 e. The van der Waals surface area contributed by atoms with Gasteiger partial charge in [0.05, 0.1) is 5.69 Å². The van der Waals surface area contributed by atoms with Gasteiger partial charge in [-0.05, 0) is 51.1 Å². The Balaban J connectivity index is 1.46. The molecule has 2 aliphatic rings. The number of anilines is 2. The molecule has 2 heterocycles. The van der Waals surface area contributed by atoms with E-state index in [0.717, 1.165) is 48.6 Å². The molecule has 1 aliphatic heterocycles. The summed E-state index contributed by atoms with van der Waals surface area (Å²) in [7, 11) is 0. The molecule has 0 bridgehead atoms. The van der Waals surface area contributed by atoms with E-state index in [1.807, 2.05) is 6.07 Å². The summed E-state index contributed by atoms with van der Waals surface area (Å²) in [5, 5.41) is 10.6. The molecule has 5 nitrogen and oxygen atoms in total. The standard InChI is InChI=1S/C23H33N5/c1-3-7-19(8-4-1)21-17-22(25-16-13-18-11-14-24-15-12-18)28-23(27-21)26-20-9-5-2-6-10-20/h1,3-4,7-8,17-18,20,24H,2,5-6,9-16H2,(H2,25,26,27,28). The van der Waals surface area contributed by atoms with E-state index in [1.54, 1.807) is 0 Å². The molecule has 0 radical (unpaired) electrons. The molecule has 0 atom stereocenters. The molecule has 150 valence electrons. The van der Waals surface area contributed by atoms with E-state index in [-0.39, 0.29) is 0 Å². The molecule has 0 amide bonds. The number of aromatic nitrogens is 2. The third kappa shape index (κ3) is 5.44. The maximum Gasteiger partial charge on any atom is 0.225 e. The first-order valence-electron chi connectivity index (χ1n) is 11.0. The quantitative estimate of drug-likeness (QED) is 0.651. The van der Waals surface area contributed by atoms with E-state index < -0.39 is 0 Å². The van der Waals surface area contributed by atoms with Crippen LogP contribution in [0.5, 0.6) is 0 Å². The first kappa shape index (κ1) is 19.2. The van der Waals surface area contributed by atoms with Crippen LogP contribution in [0.3, 0.4) is 0 Å². The number of hydrogen-bond acceptors (Lipinski definition) is 5. The number of nitrogens with zero attached hydrogens (tertiary/aromatic N) is 2. The number of benzene rings is 1. The monoisotopic (exact) mass is 379 g/mol. The zero-order valence-corrected chi connectivity index (χ0v) is 16.8. The summed E-state index contributed by atoms with van der Waals surface area (Å²) in [6, 6.07) is 13.0. The average molecular weight is 380 g/mol. The molecule has 0 unspecified atom stereocenters. The van der Waals surface area contributed by atoms with Gasteiger partial charge in [0.15, 0.2) is 0 Å². The maximum absolute atomic E-state index is 4.83. The van der Waals surface area contributed by atoms with Crippen molar-refractivity contribution in [3.8, 4) is 11.3 Å². The third-order valence-electron chi connectivity index (χ3n) is 6.05. The van der Waals surface area contributed by atoms with Crippen LogP contribution >= 0.6 is 0 Å². The number of piperidine rings is 1. The van der Waals surface area contributed by atoms with E-state index >= 15 is 0 Å². The van der Waals surface area contributed by atoms with Crippen LogP contribution in [0.4, 0.5) is 11.8 Å². The molecule has 1 aromatic heterocycles. The first-order chi connectivity index (χ1) is 13.9. The van der Waals surface area contributed by atoms with E-state index in [9.17, 15) is 0 Å². The Morgan fingerprint density at radius 1 is 0.929 bits per heavy atom. The van der Waals surface area contributed by atoms with Gasteiger partial charge in [-0.15, -0.1) is 0 Å². The van der Waals surface area contributed by atoms with Crippen molar-refractivity contribution in [3.05, 3.63) is 36.4 Å². The lowest BCUT2D eigenvalue weighted by Crippen LogP contribution is -2.28. The predicted octanol–water partition coefficient (Wildman–Crippen LogP) is 4.69. The average Bonchev–Trinajstić information content (AvgIpc) is 2.76. The van der Waals surface area contributed by atoms with Crippen LogP contribution in [-0.2, 0) is 0 Å². The molecule has 1 aliphatic carbocycles. The molecule has 5 heteroatoms. The first-order valence-corrected chi connectivity index (χ1v) is 11.0. The van der Waals surface area contributed by atoms with Crippen LogP contribution in [0.2, 0.25) is 0 Å². The normalized spacial score (nSPS) is 18.7. The minimum Gasteiger partial charge on any atom is -0.370 e. The maximum atomic E-state index is 4.83. The Hall–Kier alpha value is -2.14. The van der Waals surface area contributed by atoms with Crippen molar-refractivity contribution < 1.29 is 0 Å². The van der Waals surface area contributed by atoms with Crippen molar-refractivity contribution in [2.24, 2.45) is 5.92 Å². The van der Waals surface area contributed by atoms with E-state index in [1.165, 1.54) is 51.4 Å². The zero-order valence-electron chi connectivity index (χ0n) is 16.8. The lowest BCUT2D eigenvalue weighted by atomic mass is 9.95. The Bertz CT molecular complexity index is 721. The molecule has 0 spiro atoms. The van der Waals surface area contributed by atoms with Crippen LogP contribution < -0.4 is 16.0 Å². The van der Waals surface area contributed by atoms with Gasteiger partial charge in [-0.3, -0.25) is 0 Å². The lowest BCUT2D eigenvalue weighted by Gasteiger charge is -2.24. The number of rotatable bonds is 7. The van der Waals surface area contributed by atoms with Gasteiger partial charge in [-0.25, -0.2) is 4.98 Å². The van der Waals surface area contributed by atoms with Crippen LogP contribution in [-0.4, -0.2) is 35.6 Å². The highest BCUT2D eigenvalue weighted by atomic mass is 15.2. The minimum atomic E-state index is 0.502. The van der Waals surface area contributed by atoms with Crippen LogP contribution in [0.25, 0.3) is 11.3 Å². The van der Waals surface area contributed by atoms with Gasteiger partial charge in [0.1, 0.15) is 5.82 Å². The second-order valence-electron chi connectivity index (χ2n) is 8.22. The van der Waals surface area contributed by atoms with E-state index in [2.05, 4.69) is 46.3 Å². The van der Waals surface area contributed by atoms with Crippen molar-refractivity contribution in [2.75, 3.05) is 30.3 Å². The van der Waals surface area contributed by atoms with Crippen molar-refractivity contribution >= 4 is 11.8 Å². The minimum absolute atomic E-state index is 0.502. The summed E-state index contributed by atoms with van der Waals surface area (Å²) < 4.78 is 0. The van der Waals surface area contributed by atoms with Crippen LogP contribution in [0.1, 0.15) is 51.4 Å². The van der Waals surface area contributed by atoms with Gasteiger partial charge >= 0.3 is 0 Å². The van der Waals surface area contributed by atoms with E-state index in [4.69, 9.17) is 9.97 Å². The van der Waals surface area contributed by atoms with E-state index in [0.29, 0.717) is 6.04 Å². The molecule has 1 saturated heterocycles. The SMILES string of the molecule is c1ccc(-c2cc(NCCC3CCNCC3)nc(NC3CCCCC3)n2)cc1. The smallest absolute Gasteiger partial charge is 0.225 e. The number of hydrogen-bond donors (Lipinski definition) is 3. The molecule has 1 aromatic carbocycles. The Morgan fingerprint density at radius 2 is 1.71 bits per heavy atom. The highest BCUT2D eigenvalue weighted by molar-refractivity contribution is 5.64. The van der Waals surface area contributed by atoms with Gasteiger partial charge < -0.3 is 16.0 Å². The summed E-state index contributed by atoms with van der Waals surface area (Å²) in [4.78, 5) is 9.62. The highest BCUT2D eigenvalue weighted by Gasteiger charge is 2.16. The molecule has 1 saturated carbocycles. The fourth-order valence-corrected chi connectivity index (χ4v) is 4.36. The van der Waals surface area contributed by atoms with Gasteiger partial charge in [-0.2, -0.15) is 4.98 Å². The molecule has 3 N–H and O–H groups in total. The molecule has 2 fully saturated rings. The number of nitrogens with one attached hydrogen (secondary N) is 3. The summed E-state index contributed by atoms with van der Waals surface area (Å²) in [6.45, 7) is 3.29. The summed E-state index contributed by atoms with van der Waals surface area (Å²) >= 11 is 0. The highest BCUT2D eigenvalue weighted by Crippen LogP contribution is 2.25. The van der Waals surface area contributed by atoms with Crippen molar-refractivity contribution in [1.29, 1.82) is 0 Å². The third-order valence-corrected chi connectivity index (χ3v) is 6.05. The van der Waals surface area contributed by atoms with Crippen molar-refractivity contribution in [2.45, 2.75) is 57.4 Å². The second-order valence-corrected chi connectivity index (χ2v) is 8.22. The van der Waals surface area contributed by atoms with Crippen LogP contribution in [0, 0.1) is 5.92 Å². The predicted molar refractivity (Wildman–Crippen MR) is 117 cm³/mol. The molecule has 4 rings (SSSR count). The molecular formula is C23H33N5. The molecular weight excluding hydrogens is 346 g/mol. The summed E-state index contributed by atoms with van der Waals surface area (Å²) in [5.74, 6) is 2.52. The topological polar surface area (TPSA) is 61.9 Å². The summed E-state index contributed by atoms with van der Waals surface area (Å²) in [5.41, 5.74) is 2.12. The summed E-state index contributed by atoms with van der Waals surface area (Å²) in [6.07, 6.45) is 10.2. The molecule has 2 aromatic rings. The Labute approximate surface area is 168 Å². The van der Waals surface area contributed by atoms with Crippen LogP contribution in [0.15, 0.2) is 36.4 Å². The lowest BCUT2D eigenvalue weighted by molar-refractivity contribution is 0.361. The van der Waals surface area contributed by atoms with Gasteiger partial charge in [0, 0.05) is 24.2 Å². The van der Waals surface area contributed by atoms with Crippen molar-refractivity contribution in [3.63, 3.8) is 0 Å². The Morgan fingerprint density at radius 3 is 2.50 bits per heavy atom. The molecule has 28 heavy (non-hydrogen) atoms. The van der Waals surface area contributed by atoms with Gasteiger partial charge in [0.2, 0.25) is 5.95 Å². The second kappa shape index (κ2) is 9.87. The fraction of sp³-hybridized carbons (Fsp3) is 0.565. The van der Waals surface area contributed by atoms with Gasteiger partial charge in [0.25, 0.3) is 0 Å².